The second kappa shape index (κ2) is 9.06. The lowest BCUT2D eigenvalue weighted by molar-refractivity contribution is -0.121. The van der Waals surface area contributed by atoms with Gasteiger partial charge in [-0.25, -0.2) is 0 Å². The van der Waals surface area contributed by atoms with Gasteiger partial charge < -0.3 is 15.4 Å². The van der Waals surface area contributed by atoms with E-state index in [1.54, 1.807) is 21.0 Å². The van der Waals surface area contributed by atoms with Crippen molar-refractivity contribution in [3.8, 4) is 11.8 Å². The Morgan fingerprint density at radius 1 is 1.33 bits per heavy atom. The average molecular weight is 406 g/mol. The highest BCUT2D eigenvalue weighted by Gasteiger charge is 2.32. The molecule has 2 aromatic rings. The Morgan fingerprint density at radius 2 is 2.04 bits per heavy atom. The maximum absolute atomic E-state index is 12.4. The first kappa shape index (κ1) is 21.0. The van der Waals surface area contributed by atoms with Crippen LogP contribution < -0.4 is 15.4 Å². The van der Waals surface area contributed by atoms with E-state index in [4.69, 9.17) is 4.74 Å². The lowest BCUT2D eigenvalue weighted by Crippen LogP contribution is -2.51. The minimum atomic E-state index is -0.899. The van der Waals surface area contributed by atoms with Crippen molar-refractivity contribution < 1.29 is 9.53 Å². The molecule has 0 fully saturated rings. The Hall–Kier alpha value is -2.31. The monoisotopic (exact) mass is 405 g/mol. The Labute approximate surface area is 167 Å². The maximum atomic E-state index is 12.4. The summed E-state index contributed by atoms with van der Waals surface area (Å²) in [7, 11) is 1.61. The molecule has 0 aliphatic heterocycles. The van der Waals surface area contributed by atoms with Gasteiger partial charge in [-0.2, -0.15) is 5.26 Å². The Morgan fingerprint density at radius 3 is 2.67 bits per heavy atom. The lowest BCUT2D eigenvalue weighted by atomic mass is 9.90. The minimum absolute atomic E-state index is 0.00170. The summed E-state index contributed by atoms with van der Waals surface area (Å²) < 4.78 is 5.97. The molecule has 0 spiro atoms. The summed E-state index contributed by atoms with van der Waals surface area (Å²) in [6.07, 6.45) is 0. The van der Waals surface area contributed by atoms with E-state index in [9.17, 15) is 10.1 Å². The second-order valence-corrected chi connectivity index (χ2v) is 8.98. The van der Waals surface area contributed by atoms with Crippen LogP contribution in [0.15, 0.2) is 28.6 Å². The number of amides is 1. The number of hydrogen-bond acceptors (Lipinski definition) is 8. The molecule has 1 amide bonds. The highest BCUT2D eigenvalue weighted by molar-refractivity contribution is 8.02. The number of nitrogens with one attached hydrogen (secondary N) is 2. The van der Waals surface area contributed by atoms with Crippen molar-refractivity contribution in [3.05, 3.63) is 24.3 Å². The predicted molar refractivity (Wildman–Crippen MR) is 109 cm³/mol. The number of carbonyl (C=O) groups excluding carboxylic acids is 1. The standard InChI is InChI=1S/C18H23N5O2S2/c1-11(2)18(4,10-19)21-15(24)12(3)26-17-23-22-16(27-17)20-13-8-6-7-9-14(13)25-5/h6-9,11-12H,1-5H3,(H,20,22)(H,21,24)/t12-,18+/m0/s1. The number of thioether (sulfide) groups is 1. The van der Waals surface area contributed by atoms with Gasteiger partial charge in [-0.15, -0.1) is 10.2 Å². The third kappa shape index (κ3) is 5.34. The van der Waals surface area contributed by atoms with Gasteiger partial charge in [-0.1, -0.05) is 49.1 Å². The van der Waals surface area contributed by atoms with Crippen molar-refractivity contribution in [2.45, 2.75) is 42.8 Å². The third-order valence-corrected chi connectivity index (χ3v) is 6.19. The molecule has 1 aromatic heterocycles. The van der Waals surface area contributed by atoms with E-state index in [1.807, 2.05) is 38.1 Å². The second-order valence-electron chi connectivity index (χ2n) is 6.42. The van der Waals surface area contributed by atoms with Crippen LogP contribution in [0.4, 0.5) is 10.8 Å². The molecule has 27 heavy (non-hydrogen) atoms. The van der Waals surface area contributed by atoms with Crippen LogP contribution in [0.5, 0.6) is 5.75 Å². The van der Waals surface area contributed by atoms with Crippen molar-refractivity contribution >= 4 is 39.8 Å². The summed E-state index contributed by atoms with van der Waals surface area (Å²) in [6, 6.07) is 9.71. The predicted octanol–water partition coefficient (Wildman–Crippen LogP) is 3.83. The molecular weight excluding hydrogens is 382 g/mol. The zero-order chi connectivity index (χ0) is 20.0. The van der Waals surface area contributed by atoms with Gasteiger partial charge >= 0.3 is 0 Å². The number of para-hydroxylation sites is 2. The number of carbonyl (C=O) groups is 1. The summed E-state index contributed by atoms with van der Waals surface area (Å²) >= 11 is 2.66. The quantitative estimate of drug-likeness (QED) is 0.644. The van der Waals surface area contributed by atoms with Crippen LogP contribution in [0.2, 0.25) is 0 Å². The van der Waals surface area contributed by atoms with Gasteiger partial charge in [0.25, 0.3) is 0 Å². The molecule has 0 bridgehead atoms. The van der Waals surface area contributed by atoms with Crippen LogP contribution >= 0.6 is 23.1 Å². The number of hydrogen-bond donors (Lipinski definition) is 2. The van der Waals surface area contributed by atoms with Gasteiger partial charge in [0.2, 0.25) is 11.0 Å². The van der Waals surface area contributed by atoms with Crippen LogP contribution in [0, 0.1) is 17.2 Å². The van der Waals surface area contributed by atoms with E-state index in [-0.39, 0.29) is 11.8 Å². The molecule has 9 heteroatoms. The molecule has 7 nitrogen and oxygen atoms in total. The summed E-state index contributed by atoms with van der Waals surface area (Å²) in [4.78, 5) is 12.4. The SMILES string of the molecule is COc1ccccc1Nc1nnc(S[C@@H](C)C(=O)N[C@](C)(C#N)C(C)C)s1. The van der Waals surface area contributed by atoms with Gasteiger partial charge in [0, 0.05) is 0 Å². The van der Waals surface area contributed by atoms with Gasteiger partial charge in [0.15, 0.2) is 4.34 Å². The molecule has 0 aliphatic rings. The fourth-order valence-electron chi connectivity index (χ4n) is 2.03. The largest absolute Gasteiger partial charge is 0.495 e. The molecule has 0 aliphatic carbocycles. The van der Waals surface area contributed by atoms with Gasteiger partial charge in [0.1, 0.15) is 11.3 Å². The Balaban J connectivity index is 2.00. The van der Waals surface area contributed by atoms with Crippen molar-refractivity contribution in [3.63, 3.8) is 0 Å². The molecule has 0 unspecified atom stereocenters. The highest BCUT2D eigenvalue weighted by Crippen LogP contribution is 2.33. The summed E-state index contributed by atoms with van der Waals surface area (Å²) in [5, 5.41) is 23.8. The van der Waals surface area contributed by atoms with Crippen LogP contribution in [0.3, 0.4) is 0 Å². The van der Waals surface area contributed by atoms with Crippen LogP contribution in [-0.2, 0) is 4.79 Å². The van der Waals surface area contributed by atoms with Crippen molar-refractivity contribution in [2.75, 3.05) is 12.4 Å². The number of ether oxygens (including phenoxy) is 1. The molecule has 144 valence electrons. The molecule has 2 rings (SSSR count). The molecule has 1 heterocycles. The number of rotatable bonds is 8. The third-order valence-electron chi connectivity index (χ3n) is 4.17. The normalized spacial score (nSPS) is 14.1. The molecule has 0 saturated heterocycles. The summed E-state index contributed by atoms with van der Waals surface area (Å²) in [5.74, 6) is 0.508. The topological polar surface area (TPSA) is 99.9 Å². The van der Waals surface area contributed by atoms with Crippen molar-refractivity contribution in [1.29, 1.82) is 5.26 Å². The summed E-state index contributed by atoms with van der Waals surface area (Å²) in [6.45, 7) is 7.32. The molecule has 1 aromatic carbocycles. The minimum Gasteiger partial charge on any atom is -0.495 e. The van der Waals surface area contributed by atoms with E-state index in [0.29, 0.717) is 15.2 Å². The smallest absolute Gasteiger partial charge is 0.234 e. The average Bonchev–Trinajstić information content (AvgIpc) is 3.08. The van der Waals surface area contributed by atoms with Gasteiger partial charge in [-0.3, -0.25) is 4.79 Å². The maximum Gasteiger partial charge on any atom is 0.234 e. The van der Waals surface area contributed by atoms with Gasteiger partial charge in [0.05, 0.1) is 24.1 Å². The van der Waals surface area contributed by atoms with E-state index < -0.39 is 10.8 Å². The van der Waals surface area contributed by atoms with Gasteiger partial charge in [-0.05, 0) is 31.9 Å². The zero-order valence-electron chi connectivity index (χ0n) is 15.9. The van der Waals surface area contributed by atoms with E-state index >= 15 is 0 Å². The number of nitrogens with zero attached hydrogens (tertiary/aromatic N) is 3. The fraction of sp³-hybridized carbons (Fsp3) is 0.444. The molecular formula is C18H23N5O2S2. The fourth-order valence-corrected chi connectivity index (χ4v) is 3.94. The van der Waals surface area contributed by atoms with Crippen molar-refractivity contribution in [2.24, 2.45) is 5.92 Å². The van der Waals surface area contributed by atoms with E-state index in [0.717, 1.165) is 5.69 Å². The molecule has 0 radical (unpaired) electrons. The van der Waals surface area contributed by atoms with E-state index in [2.05, 4.69) is 26.9 Å². The molecule has 0 saturated carbocycles. The van der Waals surface area contributed by atoms with Crippen molar-refractivity contribution in [1.82, 2.24) is 15.5 Å². The molecule has 2 atom stereocenters. The first-order chi connectivity index (χ1) is 12.8. The van der Waals surface area contributed by atoms with E-state index in [1.165, 1.54) is 23.1 Å². The first-order valence-corrected chi connectivity index (χ1v) is 10.1. The first-order valence-electron chi connectivity index (χ1n) is 8.42. The lowest BCUT2D eigenvalue weighted by Gasteiger charge is -2.28. The van der Waals surface area contributed by atoms with Crippen LogP contribution in [0.25, 0.3) is 0 Å². The number of nitriles is 1. The van der Waals surface area contributed by atoms with Crippen LogP contribution in [-0.4, -0.2) is 34.0 Å². The number of benzene rings is 1. The summed E-state index contributed by atoms with van der Waals surface area (Å²) in [5.41, 5.74) is -0.107. The Kier molecular flexibility index (Phi) is 7.05. The number of anilines is 2. The van der Waals surface area contributed by atoms with Crippen LogP contribution in [0.1, 0.15) is 27.7 Å². The zero-order valence-corrected chi connectivity index (χ0v) is 17.6. The number of aromatic nitrogens is 2. The molecule has 2 N–H and O–H groups in total. The Bertz CT molecular complexity index is 833. The number of methoxy groups -OCH3 is 1. The highest BCUT2D eigenvalue weighted by atomic mass is 32.2.